The molecule has 220 valence electrons. The molecule has 1 amide bonds. The van der Waals surface area contributed by atoms with Crippen LogP contribution in [0.1, 0.15) is 54.9 Å². The van der Waals surface area contributed by atoms with Crippen molar-refractivity contribution in [2.24, 2.45) is 34.5 Å². The lowest BCUT2D eigenvalue weighted by Gasteiger charge is -2.53. The van der Waals surface area contributed by atoms with E-state index in [0.717, 1.165) is 12.0 Å². The van der Waals surface area contributed by atoms with Crippen molar-refractivity contribution in [3.8, 4) is 5.75 Å². The Bertz CT molecular complexity index is 1400. The van der Waals surface area contributed by atoms with E-state index in [1.54, 1.807) is 4.90 Å². The van der Waals surface area contributed by atoms with E-state index in [2.05, 4.69) is 20.8 Å². The molecule has 1 N–H and O–H groups in total. The van der Waals surface area contributed by atoms with Gasteiger partial charge < -0.3 is 24.1 Å². The molecule has 3 fully saturated rings. The highest BCUT2D eigenvalue weighted by Gasteiger charge is 2.77. The predicted molar refractivity (Wildman–Crippen MR) is 151 cm³/mol. The molecule has 8 heteroatoms. The zero-order valence-corrected chi connectivity index (χ0v) is 25.0. The maximum atomic E-state index is 14.9. The molecule has 2 aliphatic heterocycles. The van der Waals surface area contributed by atoms with Crippen molar-refractivity contribution in [3.05, 3.63) is 47.6 Å². The minimum absolute atomic E-state index is 0.00290. The molecular formula is C33H41NO7. The molecule has 0 radical (unpaired) electrons. The molecular weight excluding hydrogens is 522 g/mol. The third-order valence-electron chi connectivity index (χ3n) is 11.1. The molecule has 1 aromatic rings. The number of fused-ring (bicyclic) bond motifs is 6. The van der Waals surface area contributed by atoms with Crippen LogP contribution >= 0.6 is 0 Å². The Morgan fingerprint density at radius 3 is 2.63 bits per heavy atom. The Morgan fingerprint density at radius 2 is 1.88 bits per heavy atom. The smallest absolute Gasteiger partial charge is 0.415 e. The number of benzene rings is 1. The molecule has 0 aromatic heterocycles. The Labute approximate surface area is 241 Å². The van der Waals surface area contributed by atoms with Gasteiger partial charge in [0, 0.05) is 5.92 Å². The van der Waals surface area contributed by atoms with E-state index in [0.29, 0.717) is 29.5 Å². The lowest BCUT2D eigenvalue weighted by atomic mass is 9.59. The molecule has 1 aromatic carbocycles. The molecule has 6 aliphatic rings. The van der Waals surface area contributed by atoms with E-state index >= 15 is 0 Å². The van der Waals surface area contributed by atoms with E-state index in [4.69, 9.17) is 18.9 Å². The first kappa shape index (κ1) is 27.2. The van der Waals surface area contributed by atoms with Crippen LogP contribution < -0.4 is 9.64 Å². The monoisotopic (exact) mass is 563 g/mol. The van der Waals surface area contributed by atoms with Crippen LogP contribution in [0.5, 0.6) is 5.75 Å². The van der Waals surface area contributed by atoms with Gasteiger partial charge in [0.15, 0.2) is 23.3 Å². The second kappa shape index (κ2) is 8.45. The number of carbonyl (C=O) groups excluding carboxylic acids is 2. The number of ether oxygens (including phenoxy) is 4. The highest BCUT2D eigenvalue weighted by atomic mass is 16.7. The van der Waals surface area contributed by atoms with Crippen LogP contribution in [0, 0.1) is 34.5 Å². The van der Waals surface area contributed by atoms with Crippen LogP contribution in [0.25, 0.3) is 0 Å². The Balaban J connectivity index is 1.35. The van der Waals surface area contributed by atoms with Crippen molar-refractivity contribution in [3.63, 3.8) is 0 Å². The summed E-state index contributed by atoms with van der Waals surface area (Å²) in [5.41, 5.74) is -1.06. The molecule has 2 bridgehead atoms. The molecule has 1 unspecified atom stereocenters. The number of hydrogen-bond acceptors (Lipinski definition) is 7. The summed E-state index contributed by atoms with van der Waals surface area (Å²) in [6.07, 6.45) is 2.17. The third-order valence-corrected chi connectivity index (χ3v) is 11.1. The second-order valence-electron chi connectivity index (χ2n) is 14.3. The summed E-state index contributed by atoms with van der Waals surface area (Å²) in [4.78, 5) is 30.5. The molecule has 7 rings (SSSR count). The number of rotatable bonds is 1. The Kier molecular flexibility index (Phi) is 5.60. The molecule has 9 atom stereocenters. The number of Topliss-reactive ketones (excluding diaryl/α,β-unsaturated/α-hetero) is 1. The molecule has 1 saturated heterocycles. The van der Waals surface area contributed by atoms with E-state index in [1.165, 1.54) is 0 Å². The van der Waals surface area contributed by atoms with Crippen LogP contribution in [0.15, 0.2) is 47.6 Å². The van der Waals surface area contributed by atoms with Crippen molar-refractivity contribution in [1.82, 2.24) is 0 Å². The summed E-state index contributed by atoms with van der Waals surface area (Å²) in [5.74, 6) is -0.411. The topological polar surface area (TPSA) is 94.5 Å². The molecule has 2 heterocycles. The number of aliphatic hydroxyl groups is 1. The van der Waals surface area contributed by atoms with Gasteiger partial charge in [0.1, 0.15) is 18.5 Å². The largest absolute Gasteiger partial charge is 0.489 e. The van der Waals surface area contributed by atoms with Gasteiger partial charge in [-0.15, -0.1) is 0 Å². The fraction of sp³-hybridized carbons (Fsp3) is 0.636. The van der Waals surface area contributed by atoms with E-state index in [1.807, 2.05) is 64.1 Å². The number of amides is 1. The Morgan fingerprint density at radius 1 is 1.15 bits per heavy atom. The quantitative estimate of drug-likeness (QED) is 0.478. The van der Waals surface area contributed by atoms with Gasteiger partial charge in [-0.2, -0.15) is 0 Å². The molecule has 2 saturated carbocycles. The summed E-state index contributed by atoms with van der Waals surface area (Å²) in [6, 6.07) is 7.07. The summed E-state index contributed by atoms with van der Waals surface area (Å²) in [7, 11) is 0. The average Bonchev–Trinajstić information content (AvgIpc) is 3.40. The van der Waals surface area contributed by atoms with Crippen molar-refractivity contribution in [1.29, 1.82) is 0 Å². The van der Waals surface area contributed by atoms with Gasteiger partial charge in [-0.1, -0.05) is 45.1 Å². The van der Waals surface area contributed by atoms with Crippen LogP contribution in [0.4, 0.5) is 10.5 Å². The van der Waals surface area contributed by atoms with Gasteiger partial charge in [0.25, 0.3) is 0 Å². The number of allylic oxidation sites excluding steroid dienone is 1. The predicted octanol–water partition coefficient (Wildman–Crippen LogP) is 5.05. The van der Waals surface area contributed by atoms with E-state index in [-0.39, 0.29) is 41.6 Å². The van der Waals surface area contributed by atoms with Crippen LogP contribution in [-0.2, 0) is 19.0 Å². The van der Waals surface area contributed by atoms with E-state index < -0.39 is 35.1 Å². The summed E-state index contributed by atoms with van der Waals surface area (Å²) < 4.78 is 24.8. The van der Waals surface area contributed by atoms with Gasteiger partial charge in [0.05, 0.1) is 23.8 Å². The van der Waals surface area contributed by atoms with Gasteiger partial charge in [0.2, 0.25) is 0 Å². The van der Waals surface area contributed by atoms with Crippen molar-refractivity contribution >= 4 is 17.6 Å². The highest BCUT2D eigenvalue weighted by molar-refractivity contribution is 5.96. The van der Waals surface area contributed by atoms with Gasteiger partial charge in [-0.05, 0) is 80.6 Å². The third kappa shape index (κ3) is 3.44. The summed E-state index contributed by atoms with van der Waals surface area (Å²) >= 11 is 0. The van der Waals surface area contributed by atoms with Crippen LogP contribution in [-0.4, -0.2) is 59.8 Å². The lowest BCUT2D eigenvalue weighted by Crippen LogP contribution is -2.68. The zero-order chi connectivity index (χ0) is 29.3. The van der Waals surface area contributed by atoms with Gasteiger partial charge >= 0.3 is 6.09 Å². The first-order valence-electron chi connectivity index (χ1n) is 14.9. The zero-order valence-electron chi connectivity index (χ0n) is 25.0. The molecule has 41 heavy (non-hydrogen) atoms. The average molecular weight is 564 g/mol. The van der Waals surface area contributed by atoms with E-state index in [9.17, 15) is 14.7 Å². The minimum Gasteiger partial charge on any atom is -0.489 e. The molecule has 8 nitrogen and oxygen atoms in total. The first-order valence-corrected chi connectivity index (χ1v) is 14.9. The fourth-order valence-corrected chi connectivity index (χ4v) is 9.04. The maximum absolute atomic E-state index is 14.9. The SMILES string of the molecule is CC1=C[C@]23C(=O)[C@@H](C=C4COC(C)(C)O[C@H]4[C@]2(O)[C@H]1OC(=O)N1c2ccccc2OCC1C)[C@H]1[C@@H](C[C@H]3C)C1(C)C. The lowest BCUT2D eigenvalue weighted by molar-refractivity contribution is -0.302. The van der Waals surface area contributed by atoms with Crippen LogP contribution in [0.3, 0.4) is 0 Å². The van der Waals surface area contributed by atoms with Crippen molar-refractivity contribution in [2.45, 2.75) is 84.5 Å². The number of carbonyl (C=O) groups is 2. The number of hydrogen-bond donors (Lipinski definition) is 1. The van der Waals surface area contributed by atoms with Crippen molar-refractivity contribution < 1.29 is 33.6 Å². The standard InChI is InChI=1S/C33H41NO7/c1-17-14-32-18(2)12-22-25(30(22,4)5)21(26(32)35)13-20-16-39-31(6,7)41-28(20)33(32,37)27(17)40-29(36)34-19(3)15-38-24-11-9-8-10-23(24)34/h8-11,13-14,18-19,21-22,25,27-28,37H,12,15-16H2,1-7H3/t18-,19?,21+,22-,25+,27+,28-,32+,33-/m1/s1. The minimum atomic E-state index is -1.85. The normalized spacial score (nSPS) is 43.1. The van der Waals surface area contributed by atoms with Crippen LogP contribution in [0.2, 0.25) is 0 Å². The summed E-state index contributed by atoms with van der Waals surface area (Å²) in [5, 5.41) is 13.2. The van der Waals surface area contributed by atoms with Crippen molar-refractivity contribution in [2.75, 3.05) is 18.1 Å². The number of anilines is 1. The number of ketones is 1. The van der Waals surface area contributed by atoms with Gasteiger partial charge in [-0.25, -0.2) is 4.79 Å². The number of para-hydroxylation sites is 2. The number of nitrogens with zero attached hydrogens (tertiary/aromatic N) is 1. The fourth-order valence-electron chi connectivity index (χ4n) is 9.04. The maximum Gasteiger partial charge on any atom is 0.415 e. The highest BCUT2D eigenvalue weighted by Crippen LogP contribution is 2.72. The molecule has 4 aliphatic carbocycles. The summed E-state index contributed by atoms with van der Waals surface area (Å²) in [6.45, 7) is 14.5. The Hall–Kier alpha value is -2.68. The first-order chi connectivity index (χ1) is 19.2. The second-order valence-corrected chi connectivity index (χ2v) is 14.3. The molecule has 1 spiro atoms. The van der Waals surface area contributed by atoms with Gasteiger partial charge in [-0.3, -0.25) is 9.69 Å².